The second-order valence-corrected chi connectivity index (χ2v) is 6.77. The Morgan fingerprint density at radius 2 is 2.05 bits per heavy atom. The first-order chi connectivity index (χ1) is 10.6. The molecule has 3 rings (SSSR count). The van der Waals surface area contributed by atoms with Gasteiger partial charge in [-0.15, -0.1) is 0 Å². The Morgan fingerprint density at radius 3 is 2.73 bits per heavy atom. The van der Waals surface area contributed by atoms with Crippen molar-refractivity contribution in [1.29, 1.82) is 0 Å². The molecule has 1 aromatic rings. The zero-order valence-corrected chi connectivity index (χ0v) is 13.4. The summed E-state index contributed by atoms with van der Waals surface area (Å²) in [5.41, 5.74) is 7.63. The summed E-state index contributed by atoms with van der Waals surface area (Å²) in [5.74, 6) is 0.698. The van der Waals surface area contributed by atoms with E-state index in [1.165, 1.54) is 5.56 Å². The molecule has 0 radical (unpaired) electrons. The minimum Gasteiger partial charge on any atom is -0.340 e. The van der Waals surface area contributed by atoms with Crippen molar-refractivity contribution in [3.05, 3.63) is 35.9 Å². The molecule has 2 saturated heterocycles. The third-order valence-electron chi connectivity index (χ3n) is 5.18. The maximum absolute atomic E-state index is 12.3. The van der Waals surface area contributed by atoms with Gasteiger partial charge in [-0.05, 0) is 25.3 Å². The molecule has 2 aliphatic heterocycles. The molecule has 2 N–H and O–H groups in total. The fourth-order valence-corrected chi connectivity index (χ4v) is 3.85. The number of nitrogens with zero attached hydrogens (tertiary/aromatic N) is 2. The lowest BCUT2D eigenvalue weighted by molar-refractivity contribution is -0.132. The van der Waals surface area contributed by atoms with Gasteiger partial charge >= 0.3 is 0 Å². The highest BCUT2D eigenvalue weighted by Crippen LogP contribution is 2.26. The normalized spacial score (nSPS) is 29.2. The smallest absolute Gasteiger partial charge is 0.224 e. The zero-order valence-electron chi connectivity index (χ0n) is 13.4. The predicted octanol–water partition coefficient (Wildman–Crippen LogP) is 1.81. The molecule has 1 amide bonds. The number of likely N-dealkylation sites (tertiary alicyclic amines) is 2. The summed E-state index contributed by atoms with van der Waals surface area (Å²) in [6, 6.07) is 11.1. The number of hydrogen-bond donors (Lipinski definition) is 1. The summed E-state index contributed by atoms with van der Waals surface area (Å²) in [6.07, 6.45) is 2.92. The monoisotopic (exact) mass is 301 g/mol. The summed E-state index contributed by atoms with van der Waals surface area (Å²) in [7, 11) is 0. The molecule has 3 atom stereocenters. The molecular weight excluding hydrogens is 274 g/mol. The van der Waals surface area contributed by atoms with Gasteiger partial charge in [0.15, 0.2) is 0 Å². The maximum atomic E-state index is 12.3. The van der Waals surface area contributed by atoms with E-state index in [0.29, 0.717) is 24.3 Å². The lowest BCUT2D eigenvalue weighted by Crippen LogP contribution is -2.36. The summed E-state index contributed by atoms with van der Waals surface area (Å²) in [4.78, 5) is 16.7. The Hall–Kier alpha value is -1.39. The van der Waals surface area contributed by atoms with Crippen LogP contribution in [0.1, 0.15) is 37.7 Å². The van der Waals surface area contributed by atoms with E-state index >= 15 is 0 Å². The number of hydrogen-bond acceptors (Lipinski definition) is 3. The van der Waals surface area contributed by atoms with E-state index in [9.17, 15) is 4.79 Å². The van der Waals surface area contributed by atoms with Crippen molar-refractivity contribution in [2.45, 2.75) is 44.2 Å². The van der Waals surface area contributed by atoms with Crippen LogP contribution in [0.4, 0.5) is 0 Å². The number of amides is 1. The van der Waals surface area contributed by atoms with Gasteiger partial charge in [0.05, 0.1) is 0 Å². The second kappa shape index (κ2) is 6.80. The van der Waals surface area contributed by atoms with Gasteiger partial charge in [0.1, 0.15) is 0 Å². The van der Waals surface area contributed by atoms with Crippen LogP contribution >= 0.6 is 0 Å². The standard InChI is InChI=1S/C18H27N3O/c1-14-6-5-10-21(14)18(22)9-11-20-12-16(17(19)13-20)15-7-3-2-4-8-15/h2-4,7-8,14,16-17H,5-6,9-13,19H2,1H3/t14?,16-,17+/m0/s1. The van der Waals surface area contributed by atoms with Crippen LogP contribution in [-0.4, -0.2) is 54.0 Å². The molecule has 0 aromatic heterocycles. The van der Waals surface area contributed by atoms with Crippen LogP contribution in [0.3, 0.4) is 0 Å². The summed E-state index contributed by atoms with van der Waals surface area (Å²) in [5, 5.41) is 0. The minimum absolute atomic E-state index is 0.170. The van der Waals surface area contributed by atoms with Crippen LogP contribution in [-0.2, 0) is 4.79 Å². The van der Waals surface area contributed by atoms with E-state index in [-0.39, 0.29) is 6.04 Å². The first-order valence-corrected chi connectivity index (χ1v) is 8.47. The number of carbonyl (C=O) groups is 1. The van der Waals surface area contributed by atoms with Crippen molar-refractivity contribution >= 4 is 5.91 Å². The lowest BCUT2D eigenvalue weighted by atomic mass is 9.95. The van der Waals surface area contributed by atoms with Crippen LogP contribution in [0.5, 0.6) is 0 Å². The van der Waals surface area contributed by atoms with Gasteiger partial charge in [0.2, 0.25) is 5.91 Å². The second-order valence-electron chi connectivity index (χ2n) is 6.77. The van der Waals surface area contributed by atoms with E-state index in [4.69, 9.17) is 5.73 Å². The highest BCUT2D eigenvalue weighted by atomic mass is 16.2. The fraction of sp³-hybridized carbons (Fsp3) is 0.611. The van der Waals surface area contributed by atoms with Gasteiger partial charge in [0.25, 0.3) is 0 Å². The quantitative estimate of drug-likeness (QED) is 0.923. The summed E-state index contributed by atoms with van der Waals surface area (Å²) >= 11 is 0. The topological polar surface area (TPSA) is 49.6 Å². The molecule has 2 aliphatic rings. The molecule has 22 heavy (non-hydrogen) atoms. The van der Waals surface area contributed by atoms with Crippen molar-refractivity contribution in [1.82, 2.24) is 9.80 Å². The fourth-order valence-electron chi connectivity index (χ4n) is 3.85. The lowest BCUT2D eigenvalue weighted by Gasteiger charge is -2.23. The Bertz CT molecular complexity index is 504. The molecule has 4 heteroatoms. The van der Waals surface area contributed by atoms with Gasteiger partial charge in [-0.2, -0.15) is 0 Å². The van der Waals surface area contributed by atoms with Crippen molar-refractivity contribution in [3.8, 4) is 0 Å². The van der Waals surface area contributed by atoms with E-state index in [1.54, 1.807) is 0 Å². The molecule has 0 saturated carbocycles. The first-order valence-electron chi connectivity index (χ1n) is 8.47. The molecule has 0 spiro atoms. The molecule has 120 valence electrons. The Morgan fingerprint density at radius 1 is 1.27 bits per heavy atom. The van der Waals surface area contributed by atoms with Gasteiger partial charge < -0.3 is 15.5 Å². The predicted molar refractivity (Wildman–Crippen MR) is 88.6 cm³/mol. The first kappa shape index (κ1) is 15.5. The average Bonchev–Trinajstić information content (AvgIpc) is 3.11. The Kier molecular flexibility index (Phi) is 4.79. The average molecular weight is 301 g/mol. The van der Waals surface area contributed by atoms with Crippen LogP contribution in [0.15, 0.2) is 30.3 Å². The number of rotatable bonds is 4. The number of carbonyl (C=O) groups excluding carboxylic acids is 1. The van der Waals surface area contributed by atoms with Crippen molar-refractivity contribution in [2.75, 3.05) is 26.2 Å². The Balaban J connectivity index is 1.51. The van der Waals surface area contributed by atoms with Crippen LogP contribution in [0.25, 0.3) is 0 Å². The Labute approximate surface area is 133 Å². The largest absolute Gasteiger partial charge is 0.340 e. The molecule has 1 unspecified atom stereocenters. The molecule has 4 nitrogen and oxygen atoms in total. The highest BCUT2D eigenvalue weighted by Gasteiger charge is 2.32. The van der Waals surface area contributed by atoms with E-state index in [2.05, 4.69) is 36.1 Å². The van der Waals surface area contributed by atoms with Crippen LogP contribution in [0.2, 0.25) is 0 Å². The van der Waals surface area contributed by atoms with Gasteiger partial charge in [-0.3, -0.25) is 4.79 Å². The van der Waals surface area contributed by atoms with Crippen LogP contribution in [0, 0.1) is 0 Å². The molecule has 0 aliphatic carbocycles. The minimum atomic E-state index is 0.170. The summed E-state index contributed by atoms with van der Waals surface area (Å²) in [6.45, 7) is 5.78. The van der Waals surface area contributed by atoms with E-state index in [0.717, 1.165) is 39.0 Å². The third-order valence-corrected chi connectivity index (χ3v) is 5.18. The number of benzene rings is 1. The maximum Gasteiger partial charge on any atom is 0.224 e. The number of nitrogens with two attached hydrogens (primary N) is 1. The van der Waals surface area contributed by atoms with E-state index in [1.807, 2.05) is 11.0 Å². The molecule has 1 aromatic carbocycles. The molecule has 2 fully saturated rings. The van der Waals surface area contributed by atoms with Crippen LogP contribution < -0.4 is 5.73 Å². The molecular formula is C18H27N3O. The van der Waals surface area contributed by atoms with Crippen molar-refractivity contribution in [3.63, 3.8) is 0 Å². The zero-order chi connectivity index (χ0) is 15.5. The SMILES string of the molecule is CC1CCCN1C(=O)CCN1C[C@@H](N)[C@H](c2ccccc2)C1. The molecule has 0 bridgehead atoms. The summed E-state index contributed by atoms with van der Waals surface area (Å²) < 4.78 is 0. The van der Waals surface area contributed by atoms with Crippen molar-refractivity contribution < 1.29 is 4.79 Å². The van der Waals surface area contributed by atoms with Gasteiger partial charge in [0, 0.05) is 50.6 Å². The van der Waals surface area contributed by atoms with E-state index < -0.39 is 0 Å². The van der Waals surface area contributed by atoms with Crippen molar-refractivity contribution in [2.24, 2.45) is 5.73 Å². The van der Waals surface area contributed by atoms with Gasteiger partial charge in [-0.1, -0.05) is 30.3 Å². The van der Waals surface area contributed by atoms with Gasteiger partial charge in [-0.25, -0.2) is 0 Å². The third kappa shape index (κ3) is 3.33. The molecule has 2 heterocycles. The highest BCUT2D eigenvalue weighted by molar-refractivity contribution is 5.77.